The zero-order valence-electron chi connectivity index (χ0n) is 23.4. The van der Waals surface area contributed by atoms with E-state index in [-0.39, 0.29) is 26.0 Å². The highest BCUT2D eigenvalue weighted by atomic mass is 79.9. The number of rotatable bonds is 12. The summed E-state index contributed by atoms with van der Waals surface area (Å²) in [5, 5.41) is 14.5. The van der Waals surface area contributed by atoms with E-state index in [0.29, 0.717) is 23.5 Å². The average molecular weight is 648 g/mol. The fourth-order valence-corrected chi connectivity index (χ4v) is 5.49. The Labute approximate surface area is 258 Å². The van der Waals surface area contributed by atoms with E-state index in [0.717, 1.165) is 20.6 Å². The summed E-state index contributed by atoms with van der Waals surface area (Å²) in [7, 11) is 0. The van der Waals surface area contributed by atoms with E-state index in [4.69, 9.17) is 9.47 Å². The Kier molecular flexibility index (Phi) is 10.1. The van der Waals surface area contributed by atoms with E-state index in [9.17, 15) is 19.1 Å². The number of nitrogens with zero attached hydrogens (tertiary/aromatic N) is 1. The molecule has 3 atom stereocenters. The molecule has 2 amide bonds. The van der Waals surface area contributed by atoms with E-state index in [1.165, 1.54) is 24.3 Å². The number of carbonyl (C=O) groups excluding carboxylic acids is 2. The van der Waals surface area contributed by atoms with Crippen molar-refractivity contribution in [2.75, 3.05) is 18.5 Å². The van der Waals surface area contributed by atoms with E-state index in [2.05, 4.69) is 21.2 Å². The van der Waals surface area contributed by atoms with Gasteiger partial charge in [0.15, 0.2) is 0 Å². The molecule has 5 rings (SSSR count). The maximum atomic E-state index is 14.1. The Balaban J connectivity index is 1.52. The summed E-state index contributed by atoms with van der Waals surface area (Å²) in [6.45, 7) is 0.573. The molecule has 7 nitrogen and oxygen atoms in total. The van der Waals surface area contributed by atoms with Crippen molar-refractivity contribution in [3.05, 3.63) is 130 Å². The molecule has 0 radical (unpaired) electrons. The highest BCUT2D eigenvalue weighted by Gasteiger charge is 2.39. The lowest BCUT2D eigenvalue weighted by molar-refractivity contribution is -0.133. The molecule has 1 heterocycles. The van der Waals surface area contributed by atoms with Crippen LogP contribution in [0.4, 0.5) is 14.9 Å². The Bertz CT molecular complexity index is 1520. The van der Waals surface area contributed by atoms with Gasteiger partial charge in [-0.15, -0.1) is 0 Å². The first-order valence-corrected chi connectivity index (χ1v) is 14.9. The normalized spacial score (nSPS) is 15.0. The van der Waals surface area contributed by atoms with Crippen molar-refractivity contribution in [1.82, 2.24) is 4.90 Å². The van der Waals surface area contributed by atoms with Crippen molar-refractivity contribution in [1.29, 1.82) is 0 Å². The Morgan fingerprint density at radius 2 is 1.67 bits per heavy atom. The van der Waals surface area contributed by atoms with Crippen molar-refractivity contribution in [2.24, 2.45) is 5.92 Å². The van der Waals surface area contributed by atoms with Crippen LogP contribution in [0.25, 0.3) is 0 Å². The number of para-hydroxylation sites is 1. The van der Waals surface area contributed by atoms with Crippen LogP contribution in [-0.2, 0) is 16.1 Å². The van der Waals surface area contributed by atoms with Gasteiger partial charge < -0.3 is 19.9 Å². The number of aliphatic hydroxyl groups is 1. The molecule has 4 aromatic carbocycles. The third kappa shape index (κ3) is 7.80. The Hall–Kier alpha value is -4.21. The molecule has 0 aliphatic carbocycles. The fraction of sp³-hybridized carbons (Fsp3) is 0.235. The predicted molar refractivity (Wildman–Crippen MR) is 165 cm³/mol. The molecular formula is C34H32BrFN2O5. The number of amides is 2. The summed E-state index contributed by atoms with van der Waals surface area (Å²) in [4.78, 5) is 27.8. The second-order valence-corrected chi connectivity index (χ2v) is 11.2. The highest BCUT2D eigenvalue weighted by molar-refractivity contribution is 9.10. The minimum atomic E-state index is -0.947. The first-order chi connectivity index (χ1) is 20.9. The topological polar surface area (TPSA) is 88.1 Å². The van der Waals surface area contributed by atoms with Crippen LogP contribution in [0.3, 0.4) is 0 Å². The second-order valence-electron chi connectivity index (χ2n) is 10.3. The molecule has 0 aromatic heterocycles. The summed E-state index contributed by atoms with van der Waals surface area (Å²) >= 11 is 3.55. The molecule has 222 valence electrons. The van der Waals surface area contributed by atoms with E-state index >= 15 is 0 Å². The Morgan fingerprint density at radius 1 is 0.977 bits per heavy atom. The summed E-state index contributed by atoms with van der Waals surface area (Å²) in [6, 6.07) is 29.9. The van der Waals surface area contributed by atoms with Gasteiger partial charge in [0, 0.05) is 15.7 Å². The van der Waals surface area contributed by atoms with Crippen LogP contribution in [0.15, 0.2) is 108 Å². The van der Waals surface area contributed by atoms with Gasteiger partial charge in [-0.3, -0.25) is 4.79 Å². The molecule has 2 N–H and O–H groups in total. The minimum Gasteiger partial charge on any atom is -0.489 e. The van der Waals surface area contributed by atoms with Crippen LogP contribution in [0.2, 0.25) is 0 Å². The first-order valence-electron chi connectivity index (χ1n) is 14.1. The molecule has 9 heteroatoms. The maximum absolute atomic E-state index is 14.1. The molecule has 1 saturated heterocycles. The van der Waals surface area contributed by atoms with Crippen LogP contribution >= 0.6 is 15.9 Å². The van der Waals surface area contributed by atoms with E-state index < -0.39 is 35.9 Å². The number of benzene rings is 4. The molecule has 43 heavy (non-hydrogen) atoms. The van der Waals surface area contributed by atoms with E-state index in [1.54, 1.807) is 0 Å². The lowest BCUT2D eigenvalue weighted by Crippen LogP contribution is -2.41. The van der Waals surface area contributed by atoms with Crippen LogP contribution in [0, 0.1) is 11.7 Å². The summed E-state index contributed by atoms with van der Waals surface area (Å²) in [5.41, 5.74) is 3.00. The Morgan fingerprint density at radius 3 is 2.35 bits per heavy atom. The van der Waals surface area contributed by atoms with Gasteiger partial charge >= 0.3 is 6.09 Å². The van der Waals surface area contributed by atoms with Crippen LogP contribution in [-0.4, -0.2) is 35.2 Å². The molecular weight excluding hydrogens is 615 g/mol. The lowest BCUT2D eigenvalue weighted by atomic mass is 9.85. The monoisotopic (exact) mass is 646 g/mol. The van der Waals surface area contributed by atoms with Crippen molar-refractivity contribution in [3.63, 3.8) is 0 Å². The average Bonchev–Trinajstić information content (AvgIpc) is 3.46. The van der Waals surface area contributed by atoms with Gasteiger partial charge in [-0.05, 0) is 60.4 Å². The fourth-order valence-electron chi connectivity index (χ4n) is 5.15. The lowest BCUT2D eigenvalue weighted by Gasteiger charge is -2.32. The largest absolute Gasteiger partial charge is 0.489 e. The van der Waals surface area contributed by atoms with Crippen LogP contribution in [0.1, 0.15) is 41.7 Å². The van der Waals surface area contributed by atoms with Gasteiger partial charge in [0.25, 0.3) is 0 Å². The van der Waals surface area contributed by atoms with Gasteiger partial charge in [-0.1, -0.05) is 82.7 Å². The zero-order chi connectivity index (χ0) is 30.2. The molecule has 0 bridgehead atoms. The third-order valence-electron chi connectivity index (χ3n) is 7.40. The molecule has 1 aliphatic rings. The van der Waals surface area contributed by atoms with Crippen LogP contribution in [0.5, 0.6) is 5.75 Å². The minimum absolute atomic E-state index is 0.121. The number of nitrogens with one attached hydrogen (secondary N) is 1. The molecule has 4 aromatic rings. The summed E-state index contributed by atoms with van der Waals surface area (Å²) < 4.78 is 25.8. The number of ether oxygens (including phenoxy) is 2. The van der Waals surface area contributed by atoms with Gasteiger partial charge in [0.05, 0.1) is 24.6 Å². The second kappa shape index (κ2) is 14.3. The first kappa shape index (κ1) is 30.3. The number of anilines is 1. The molecule has 1 aliphatic heterocycles. The summed E-state index contributed by atoms with van der Waals surface area (Å²) in [5.74, 6) is -1.06. The van der Waals surface area contributed by atoms with Crippen molar-refractivity contribution in [2.45, 2.75) is 31.6 Å². The number of carbonyl (C=O) groups is 2. The number of hydrogen-bond acceptors (Lipinski definition) is 6. The molecule has 0 saturated carbocycles. The predicted octanol–water partition coefficient (Wildman–Crippen LogP) is 7.43. The van der Waals surface area contributed by atoms with Gasteiger partial charge in [-0.25, -0.2) is 14.1 Å². The SMILES string of the molecule is O=C1OCCN1C(=O)C(CCC(O)c1ccc(F)cc1)C(Nc1ccccc1)c1ccc(Br)cc1OCc1ccccc1. The number of cyclic esters (lactones) is 1. The van der Waals surface area contributed by atoms with Crippen molar-refractivity contribution >= 4 is 33.6 Å². The van der Waals surface area contributed by atoms with Gasteiger partial charge in [0.2, 0.25) is 5.91 Å². The number of halogens is 2. The van der Waals surface area contributed by atoms with Gasteiger partial charge in [-0.2, -0.15) is 0 Å². The molecule has 0 spiro atoms. The molecule has 1 fully saturated rings. The number of hydrogen-bond donors (Lipinski definition) is 2. The maximum Gasteiger partial charge on any atom is 0.416 e. The van der Waals surface area contributed by atoms with E-state index in [1.807, 2.05) is 78.9 Å². The zero-order valence-corrected chi connectivity index (χ0v) is 25.0. The van der Waals surface area contributed by atoms with Gasteiger partial charge in [0.1, 0.15) is 24.8 Å². The number of imide groups is 1. The standard InChI is InChI=1S/C34H32BrFN2O5/c35-25-13-16-28(31(21-25)43-22-23-7-3-1-4-8-23)32(37-27-9-5-2-6-10-27)29(33(40)38-19-20-42-34(38)41)17-18-30(39)24-11-14-26(36)15-12-24/h1-16,21,29-30,32,37,39H,17-20,22H2. The number of aliphatic hydroxyl groups excluding tert-OH is 1. The molecule has 3 unspecified atom stereocenters. The highest BCUT2D eigenvalue weighted by Crippen LogP contribution is 2.39. The quantitative estimate of drug-likeness (QED) is 0.166. The van der Waals surface area contributed by atoms with Crippen LogP contribution < -0.4 is 10.1 Å². The van der Waals surface area contributed by atoms with Crippen molar-refractivity contribution in [3.8, 4) is 5.75 Å². The smallest absolute Gasteiger partial charge is 0.416 e. The van der Waals surface area contributed by atoms with Crippen molar-refractivity contribution < 1.29 is 28.6 Å². The summed E-state index contributed by atoms with van der Waals surface area (Å²) in [6.07, 6.45) is -1.24. The third-order valence-corrected chi connectivity index (χ3v) is 7.89.